The lowest BCUT2D eigenvalue weighted by Gasteiger charge is -2.47. The number of halogens is 1. The van der Waals surface area contributed by atoms with Crippen LogP contribution in [0.5, 0.6) is 0 Å². The van der Waals surface area contributed by atoms with Crippen molar-refractivity contribution < 1.29 is 0 Å². The SMILES string of the molecule is CC1(Br)C=C2CC3(C)CC(C)(CC23)C1. The fourth-order valence-electron chi connectivity index (χ4n) is 4.69. The number of hydrogen-bond donors (Lipinski definition) is 0. The Hall–Kier alpha value is 0.220. The van der Waals surface area contributed by atoms with Crippen LogP contribution in [-0.4, -0.2) is 4.32 Å². The van der Waals surface area contributed by atoms with Gasteiger partial charge in [-0.2, -0.15) is 0 Å². The zero-order valence-corrected chi connectivity index (χ0v) is 10.9. The van der Waals surface area contributed by atoms with Crippen molar-refractivity contribution in [3.05, 3.63) is 11.6 Å². The van der Waals surface area contributed by atoms with Gasteiger partial charge in [0.15, 0.2) is 0 Å². The lowest BCUT2D eigenvalue weighted by molar-refractivity contribution is 0.153. The fourth-order valence-corrected chi connectivity index (χ4v) is 5.66. The highest BCUT2D eigenvalue weighted by Gasteiger charge is 2.60. The third-order valence-corrected chi connectivity index (χ3v) is 5.19. The van der Waals surface area contributed by atoms with E-state index in [-0.39, 0.29) is 4.32 Å². The maximum Gasteiger partial charge on any atom is 0.0416 e. The average molecular weight is 255 g/mol. The van der Waals surface area contributed by atoms with Gasteiger partial charge in [0.1, 0.15) is 0 Å². The van der Waals surface area contributed by atoms with E-state index in [1.54, 1.807) is 5.57 Å². The second-order valence-electron chi connectivity index (χ2n) is 6.75. The van der Waals surface area contributed by atoms with E-state index in [1.807, 2.05) is 0 Å². The van der Waals surface area contributed by atoms with Gasteiger partial charge in [-0.15, -0.1) is 0 Å². The highest BCUT2D eigenvalue weighted by molar-refractivity contribution is 9.10. The lowest BCUT2D eigenvalue weighted by Crippen LogP contribution is -2.37. The Balaban J connectivity index is 2.07. The molecule has 2 fully saturated rings. The first-order chi connectivity index (χ1) is 6.32. The molecule has 0 nitrogen and oxygen atoms in total. The number of fused-ring (bicyclic) bond motifs is 1. The van der Waals surface area contributed by atoms with Crippen molar-refractivity contribution in [2.75, 3.05) is 0 Å². The zero-order valence-electron chi connectivity index (χ0n) is 9.36. The fraction of sp³-hybridized carbons (Fsp3) is 0.846. The van der Waals surface area contributed by atoms with Gasteiger partial charge in [0.2, 0.25) is 0 Å². The van der Waals surface area contributed by atoms with Gasteiger partial charge >= 0.3 is 0 Å². The Morgan fingerprint density at radius 2 is 2.00 bits per heavy atom. The summed E-state index contributed by atoms with van der Waals surface area (Å²) in [4.78, 5) is 0. The van der Waals surface area contributed by atoms with Gasteiger partial charge in [0.05, 0.1) is 0 Å². The molecule has 3 aliphatic rings. The Bertz CT molecular complexity index is 328. The van der Waals surface area contributed by atoms with Crippen LogP contribution in [0.15, 0.2) is 11.6 Å². The molecule has 4 unspecified atom stereocenters. The molecular weight excluding hydrogens is 236 g/mol. The van der Waals surface area contributed by atoms with Gasteiger partial charge in [0.25, 0.3) is 0 Å². The normalized spacial score (nSPS) is 60.3. The van der Waals surface area contributed by atoms with Crippen molar-refractivity contribution >= 4 is 15.9 Å². The molecule has 2 bridgehead atoms. The minimum atomic E-state index is 0.271. The first kappa shape index (κ1) is 9.45. The first-order valence-corrected chi connectivity index (χ1v) is 6.52. The van der Waals surface area contributed by atoms with Crippen molar-refractivity contribution in [1.82, 2.24) is 0 Å². The molecule has 0 aliphatic heterocycles. The van der Waals surface area contributed by atoms with Gasteiger partial charge in [-0.3, -0.25) is 0 Å². The van der Waals surface area contributed by atoms with Gasteiger partial charge in [-0.05, 0) is 49.4 Å². The van der Waals surface area contributed by atoms with E-state index in [0.717, 1.165) is 5.92 Å². The molecule has 0 N–H and O–H groups in total. The molecule has 0 saturated heterocycles. The first-order valence-electron chi connectivity index (χ1n) is 5.73. The average Bonchev–Trinajstić information content (AvgIpc) is 2.08. The minimum absolute atomic E-state index is 0.271. The highest BCUT2D eigenvalue weighted by atomic mass is 79.9. The Labute approximate surface area is 95.3 Å². The molecular formula is C13H19Br. The molecule has 0 amide bonds. The van der Waals surface area contributed by atoms with Gasteiger partial charge in [-0.1, -0.05) is 41.4 Å². The molecule has 0 heterocycles. The smallest absolute Gasteiger partial charge is 0.0416 e. The van der Waals surface area contributed by atoms with Crippen LogP contribution in [0.2, 0.25) is 0 Å². The molecule has 1 heteroatoms. The largest absolute Gasteiger partial charge is 0.0811 e. The molecule has 0 radical (unpaired) electrons. The van der Waals surface area contributed by atoms with E-state index in [2.05, 4.69) is 42.8 Å². The zero-order chi connectivity index (χ0) is 10.2. The van der Waals surface area contributed by atoms with Crippen LogP contribution in [-0.2, 0) is 0 Å². The van der Waals surface area contributed by atoms with Crippen molar-refractivity contribution in [1.29, 1.82) is 0 Å². The van der Waals surface area contributed by atoms with E-state index in [4.69, 9.17) is 0 Å². The van der Waals surface area contributed by atoms with E-state index in [1.165, 1.54) is 25.7 Å². The lowest BCUT2D eigenvalue weighted by atomic mass is 9.58. The Morgan fingerprint density at radius 1 is 1.29 bits per heavy atom. The minimum Gasteiger partial charge on any atom is -0.0811 e. The summed E-state index contributed by atoms with van der Waals surface area (Å²) in [6, 6.07) is 0. The van der Waals surface area contributed by atoms with Crippen molar-refractivity contribution in [2.45, 2.75) is 50.8 Å². The monoisotopic (exact) mass is 254 g/mol. The molecule has 4 atom stereocenters. The molecule has 14 heavy (non-hydrogen) atoms. The summed E-state index contributed by atoms with van der Waals surface area (Å²) in [5, 5.41) is 0. The maximum absolute atomic E-state index is 3.89. The van der Waals surface area contributed by atoms with Gasteiger partial charge < -0.3 is 0 Å². The van der Waals surface area contributed by atoms with Crippen molar-refractivity contribution in [3.8, 4) is 0 Å². The van der Waals surface area contributed by atoms with Crippen LogP contribution in [0.1, 0.15) is 46.5 Å². The third-order valence-electron chi connectivity index (χ3n) is 4.68. The van der Waals surface area contributed by atoms with Crippen LogP contribution in [0, 0.1) is 16.7 Å². The molecule has 3 aliphatic carbocycles. The highest BCUT2D eigenvalue weighted by Crippen LogP contribution is 2.70. The number of rotatable bonds is 0. The summed E-state index contributed by atoms with van der Waals surface area (Å²) in [7, 11) is 0. The summed E-state index contributed by atoms with van der Waals surface area (Å²) in [6.07, 6.45) is 8.09. The van der Waals surface area contributed by atoms with Crippen molar-refractivity contribution in [3.63, 3.8) is 0 Å². The molecule has 0 aromatic carbocycles. The molecule has 0 spiro atoms. The van der Waals surface area contributed by atoms with Crippen LogP contribution < -0.4 is 0 Å². The van der Waals surface area contributed by atoms with E-state index >= 15 is 0 Å². The maximum atomic E-state index is 3.89. The molecule has 2 saturated carbocycles. The van der Waals surface area contributed by atoms with Crippen LogP contribution >= 0.6 is 15.9 Å². The standard InChI is InChI=1S/C13H19Br/c1-11-6-10-9(4-12(10,2)7-11)5-13(3,14)8-11/h5,10H,4,6-8H2,1-3H3. The Kier molecular flexibility index (Phi) is 1.56. The molecule has 0 aromatic rings. The van der Waals surface area contributed by atoms with Crippen LogP contribution in [0.3, 0.4) is 0 Å². The van der Waals surface area contributed by atoms with Crippen molar-refractivity contribution in [2.24, 2.45) is 16.7 Å². The van der Waals surface area contributed by atoms with Gasteiger partial charge in [0, 0.05) is 4.32 Å². The van der Waals surface area contributed by atoms with E-state index < -0.39 is 0 Å². The quantitative estimate of drug-likeness (QED) is 0.447. The third kappa shape index (κ3) is 1.11. The summed E-state index contributed by atoms with van der Waals surface area (Å²) in [5.74, 6) is 0.923. The topological polar surface area (TPSA) is 0 Å². The van der Waals surface area contributed by atoms with Gasteiger partial charge in [-0.25, -0.2) is 0 Å². The number of allylic oxidation sites excluding steroid dienone is 2. The molecule has 78 valence electrons. The Morgan fingerprint density at radius 3 is 2.71 bits per heavy atom. The molecule has 0 aromatic heterocycles. The summed E-state index contributed by atoms with van der Waals surface area (Å²) >= 11 is 3.89. The number of alkyl halides is 1. The molecule has 3 rings (SSSR count). The van der Waals surface area contributed by atoms with E-state index in [0.29, 0.717) is 10.8 Å². The summed E-state index contributed by atoms with van der Waals surface area (Å²) in [6.45, 7) is 7.33. The summed E-state index contributed by atoms with van der Waals surface area (Å²) in [5.41, 5.74) is 3.00. The van der Waals surface area contributed by atoms with Crippen LogP contribution in [0.25, 0.3) is 0 Å². The summed E-state index contributed by atoms with van der Waals surface area (Å²) < 4.78 is 0.271. The van der Waals surface area contributed by atoms with E-state index in [9.17, 15) is 0 Å². The van der Waals surface area contributed by atoms with Crippen LogP contribution in [0.4, 0.5) is 0 Å². The predicted molar refractivity (Wildman–Crippen MR) is 63.6 cm³/mol. The second kappa shape index (κ2) is 2.31. The second-order valence-corrected chi connectivity index (χ2v) is 8.56. The predicted octanol–water partition coefficient (Wildman–Crippen LogP) is 4.30. The number of hydrogen-bond acceptors (Lipinski definition) is 0.